The Kier molecular flexibility index (Phi) is 7.53. The van der Waals surface area contributed by atoms with E-state index in [2.05, 4.69) is 16.0 Å². The Balaban J connectivity index is 2.08. The fourth-order valence-corrected chi connectivity index (χ4v) is 2.65. The molecule has 6 nitrogen and oxygen atoms in total. The molecule has 1 atom stereocenters. The van der Waals surface area contributed by atoms with Crippen LogP contribution in [0.5, 0.6) is 0 Å². The number of carbonyl (C=O) groups is 3. The number of anilines is 2. The maximum atomic E-state index is 12.8. The number of carbonyl (C=O) groups excluding carboxylic acids is 3. The van der Waals surface area contributed by atoms with E-state index in [-0.39, 0.29) is 29.6 Å². The molecule has 6 heteroatoms. The van der Waals surface area contributed by atoms with E-state index in [0.29, 0.717) is 16.9 Å². The van der Waals surface area contributed by atoms with Crippen LogP contribution in [0.1, 0.15) is 43.6 Å². The number of aryl methyl sites for hydroxylation is 1. The lowest BCUT2D eigenvalue weighted by molar-refractivity contribution is -0.119. The molecule has 0 spiro atoms. The Morgan fingerprint density at radius 2 is 1.34 bits per heavy atom. The van der Waals surface area contributed by atoms with Gasteiger partial charge in [-0.15, -0.1) is 0 Å². The van der Waals surface area contributed by atoms with E-state index in [1.807, 2.05) is 46.8 Å². The predicted octanol–water partition coefficient (Wildman–Crippen LogP) is 3.98. The highest BCUT2D eigenvalue weighted by Crippen LogP contribution is 2.17. The van der Waals surface area contributed by atoms with Crippen LogP contribution in [-0.2, 0) is 9.59 Å². The van der Waals surface area contributed by atoms with Gasteiger partial charge in [-0.25, -0.2) is 0 Å². The molecule has 0 aliphatic carbocycles. The van der Waals surface area contributed by atoms with Crippen LogP contribution in [0.4, 0.5) is 11.4 Å². The predicted molar refractivity (Wildman–Crippen MR) is 116 cm³/mol. The molecule has 2 rings (SSSR count). The normalized spacial score (nSPS) is 11.8. The summed E-state index contributed by atoms with van der Waals surface area (Å²) in [4.78, 5) is 37.2. The Bertz CT molecular complexity index is 873. The third-order valence-electron chi connectivity index (χ3n) is 4.47. The van der Waals surface area contributed by atoms with Gasteiger partial charge in [-0.2, -0.15) is 0 Å². The Hall–Kier alpha value is -3.15. The summed E-state index contributed by atoms with van der Waals surface area (Å²) in [6.45, 7) is 9.32. The van der Waals surface area contributed by atoms with E-state index >= 15 is 0 Å². The summed E-state index contributed by atoms with van der Waals surface area (Å²) < 4.78 is 0. The monoisotopic (exact) mass is 395 g/mol. The summed E-state index contributed by atoms with van der Waals surface area (Å²) >= 11 is 0. The van der Waals surface area contributed by atoms with E-state index in [1.54, 1.807) is 36.4 Å². The molecular weight excluding hydrogens is 366 g/mol. The van der Waals surface area contributed by atoms with Crippen LogP contribution in [0.15, 0.2) is 48.5 Å². The van der Waals surface area contributed by atoms with Crippen molar-refractivity contribution in [2.75, 3.05) is 10.6 Å². The molecule has 0 heterocycles. The van der Waals surface area contributed by atoms with Crippen molar-refractivity contribution >= 4 is 29.1 Å². The smallest absolute Gasteiger partial charge is 0.251 e. The second kappa shape index (κ2) is 9.87. The van der Waals surface area contributed by atoms with Crippen molar-refractivity contribution in [3.05, 3.63) is 59.7 Å². The average Bonchev–Trinajstić information content (AvgIpc) is 2.66. The molecule has 0 bridgehead atoms. The lowest BCUT2D eigenvalue weighted by Gasteiger charge is -2.22. The maximum Gasteiger partial charge on any atom is 0.251 e. The van der Waals surface area contributed by atoms with Crippen LogP contribution in [-0.4, -0.2) is 23.8 Å². The first kappa shape index (κ1) is 22.1. The van der Waals surface area contributed by atoms with Gasteiger partial charge in [-0.05, 0) is 43.2 Å². The summed E-state index contributed by atoms with van der Waals surface area (Å²) in [7, 11) is 0. The van der Waals surface area contributed by atoms with Gasteiger partial charge in [0.2, 0.25) is 11.8 Å². The second-order valence-electron chi connectivity index (χ2n) is 7.78. The third-order valence-corrected chi connectivity index (χ3v) is 4.47. The molecule has 1 unspecified atom stereocenters. The first-order valence-corrected chi connectivity index (χ1v) is 9.76. The third kappa shape index (κ3) is 6.45. The van der Waals surface area contributed by atoms with Crippen LogP contribution in [0.3, 0.4) is 0 Å². The Labute approximate surface area is 172 Å². The minimum atomic E-state index is -0.697. The fraction of sp³-hybridized carbons (Fsp3) is 0.348. The molecule has 3 amide bonds. The van der Waals surface area contributed by atoms with Crippen molar-refractivity contribution in [3.8, 4) is 0 Å². The van der Waals surface area contributed by atoms with E-state index in [0.717, 1.165) is 5.56 Å². The molecular formula is C23H29N3O3. The first-order valence-electron chi connectivity index (χ1n) is 9.76. The van der Waals surface area contributed by atoms with Crippen molar-refractivity contribution in [2.45, 2.75) is 40.7 Å². The standard InChI is InChI=1S/C23H29N3O3/c1-14(2)20(26-22(28)17-11-9-16(5)10-12-17)23(29)25-19-8-6-7-18(13-19)24-21(27)15(3)4/h6-15,20H,1-5H3,(H,24,27)(H,25,29)(H,26,28). The van der Waals surface area contributed by atoms with Crippen molar-refractivity contribution < 1.29 is 14.4 Å². The van der Waals surface area contributed by atoms with Gasteiger partial charge in [0.05, 0.1) is 0 Å². The molecule has 29 heavy (non-hydrogen) atoms. The topological polar surface area (TPSA) is 87.3 Å². The van der Waals surface area contributed by atoms with Gasteiger partial charge in [0, 0.05) is 22.9 Å². The molecule has 2 aromatic rings. The molecule has 0 saturated carbocycles. The number of amides is 3. The summed E-state index contributed by atoms with van der Waals surface area (Å²) in [6, 6.07) is 13.4. The van der Waals surface area contributed by atoms with Crippen LogP contribution >= 0.6 is 0 Å². The number of nitrogens with one attached hydrogen (secondary N) is 3. The zero-order valence-electron chi connectivity index (χ0n) is 17.6. The van der Waals surface area contributed by atoms with Crippen molar-refractivity contribution in [3.63, 3.8) is 0 Å². The minimum Gasteiger partial charge on any atom is -0.340 e. The van der Waals surface area contributed by atoms with E-state index in [4.69, 9.17) is 0 Å². The van der Waals surface area contributed by atoms with Crippen molar-refractivity contribution in [1.29, 1.82) is 0 Å². The van der Waals surface area contributed by atoms with Crippen LogP contribution in [0.2, 0.25) is 0 Å². The number of benzene rings is 2. The lowest BCUT2D eigenvalue weighted by atomic mass is 10.0. The highest BCUT2D eigenvalue weighted by Gasteiger charge is 2.25. The SMILES string of the molecule is Cc1ccc(C(=O)NC(C(=O)Nc2cccc(NC(=O)C(C)C)c2)C(C)C)cc1. The minimum absolute atomic E-state index is 0.0982. The zero-order valence-corrected chi connectivity index (χ0v) is 17.6. The van der Waals surface area contributed by atoms with Crippen LogP contribution in [0.25, 0.3) is 0 Å². The summed E-state index contributed by atoms with van der Waals surface area (Å²) in [6.07, 6.45) is 0. The summed E-state index contributed by atoms with van der Waals surface area (Å²) in [5.74, 6) is -0.952. The van der Waals surface area contributed by atoms with E-state index in [9.17, 15) is 14.4 Å². The molecule has 0 radical (unpaired) electrons. The average molecular weight is 396 g/mol. The largest absolute Gasteiger partial charge is 0.340 e. The quantitative estimate of drug-likeness (QED) is 0.663. The van der Waals surface area contributed by atoms with Gasteiger partial charge >= 0.3 is 0 Å². The molecule has 3 N–H and O–H groups in total. The summed E-state index contributed by atoms with van der Waals surface area (Å²) in [5, 5.41) is 8.45. The molecule has 154 valence electrons. The van der Waals surface area contributed by atoms with E-state index in [1.165, 1.54) is 0 Å². The second-order valence-corrected chi connectivity index (χ2v) is 7.78. The Morgan fingerprint density at radius 3 is 1.86 bits per heavy atom. The molecule has 0 saturated heterocycles. The van der Waals surface area contributed by atoms with Crippen molar-refractivity contribution in [2.24, 2.45) is 11.8 Å². The molecule has 0 fully saturated rings. The molecule has 0 aliphatic heterocycles. The molecule has 2 aromatic carbocycles. The van der Waals surface area contributed by atoms with Crippen LogP contribution in [0, 0.1) is 18.8 Å². The van der Waals surface area contributed by atoms with Gasteiger partial charge in [-0.1, -0.05) is 51.5 Å². The highest BCUT2D eigenvalue weighted by atomic mass is 16.2. The number of hydrogen-bond donors (Lipinski definition) is 3. The number of rotatable bonds is 7. The first-order chi connectivity index (χ1) is 13.7. The van der Waals surface area contributed by atoms with Gasteiger partial charge in [0.15, 0.2) is 0 Å². The highest BCUT2D eigenvalue weighted by molar-refractivity contribution is 6.01. The van der Waals surface area contributed by atoms with Crippen LogP contribution < -0.4 is 16.0 Å². The molecule has 0 aliphatic rings. The van der Waals surface area contributed by atoms with Crippen molar-refractivity contribution in [1.82, 2.24) is 5.32 Å². The van der Waals surface area contributed by atoms with Gasteiger partial charge < -0.3 is 16.0 Å². The lowest BCUT2D eigenvalue weighted by Crippen LogP contribution is -2.47. The zero-order chi connectivity index (χ0) is 21.6. The molecule has 0 aromatic heterocycles. The Morgan fingerprint density at radius 1 is 0.793 bits per heavy atom. The maximum absolute atomic E-state index is 12.8. The van der Waals surface area contributed by atoms with Gasteiger partial charge in [-0.3, -0.25) is 14.4 Å². The van der Waals surface area contributed by atoms with E-state index < -0.39 is 6.04 Å². The summed E-state index contributed by atoms with van der Waals surface area (Å²) in [5.41, 5.74) is 2.72. The van der Waals surface area contributed by atoms with Gasteiger partial charge in [0.1, 0.15) is 6.04 Å². The number of hydrogen-bond acceptors (Lipinski definition) is 3. The van der Waals surface area contributed by atoms with Gasteiger partial charge in [0.25, 0.3) is 5.91 Å². The fourth-order valence-electron chi connectivity index (χ4n) is 2.65.